The third-order valence-electron chi connectivity index (χ3n) is 2.87. The number of benzene rings is 1. The minimum absolute atomic E-state index is 0.471. The molecule has 1 aromatic carbocycles. The van der Waals surface area contributed by atoms with Gasteiger partial charge < -0.3 is 10.5 Å². The van der Waals surface area contributed by atoms with E-state index in [0.717, 1.165) is 40.9 Å². The number of hydrogen-bond acceptors (Lipinski definition) is 4. The quantitative estimate of drug-likeness (QED) is 0.901. The summed E-state index contributed by atoms with van der Waals surface area (Å²) in [5, 5.41) is 0. The number of nitrogens with two attached hydrogens (primary N) is 1. The van der Waals surface area contributed by atoms with Gasteiger partial charge in [-0.15, -0.1) is 0 Å². The van der Waals surface area contributed by atoms with Gasteiger partial charge in [-0.05, 0) is 53.0 Å². The smallest absolute Gasteiger partial charge is 0.161 e. The highest BCUT2D eigenvalue weighted by atomic mass is 79.9. The van der Waals surface area contributed by atoms with Crippen molar-refractivity contribution in [3.63, 3.8) is 0 Å². The second kappa shape index (κ2) is 6.70. The van der Waals surface area contributed by atoms with Gasteiger partial charge in [-0.25, -0.2) is 9.97 Å². The third-order valence-corrected chi connectivity index (χ3v) is 3.73. The molecule has 0 spiro atoms. The van der Waals surface area contributed by atoms with Crippen LogP contribution in [0.4, 0.5) is 5.82 Å². The molecule has 1 heterocycles. The molecule has 2 aromatic rings. The summed E-state index contributed by atoms with van der Waals surface area (Å²) in [6.07, 6.45) is 1.80. The lowest BCUT2D eigenvalue weighted by molar-refractivity contribution is 0.317. The van der Waals surface area contributed by atoms with E-state index in [1.165, 1.54) is 0 Å². The average molecular weight is 336 g/mol. The fraction of sp³-hybridized carbons (Fsp3) is 0.333. The number of aryl methyl sites for hydroxylation is 1. The Labute approximate surface area is 127 Å². The minimum atomic E-state index is 0.471. The van der Waals surface area contributed by atoms with Crippen LogP contribution in [0.25, 0.3) is 11.4 Å². The summed E-state index contributed by atoms with van der Waals surface area (Å²) >= 11 is 3.42. The molecule has 0 saturated carbocycles. The van der Waals surface area contributed by atoms with Crippen molar-refractivity contribution >= 4 is 21.7 Å². The maximum Gasteiger partial charge on any atom is 0.161 e. The number of rotatable bonds is 5. The van der Waals surface area contributed by atoms with E-state index in [-0.39, 0.29) is 0 Å². The number of hydrogen-bond donors (Lipinski definition) is 1. The van der Waals surface area contributed by atoms with E-state index < -0.39 is 0 Å². The van der Waals surface area contributed by atoms with Gasteiger partial charge in [0.15, 0.2) is 5.82 Å². The van der Waals surface area contributed by atoms with Crippen molar-refractivity contribution in [1.29, 1.82) is 0 Å². The maximum absolute atomic E-state index is 5.91. The zero-order valence-electron chi connectivity index (χ0n) is 11.7. The third kappa shape index (κ3) is 3.28. The van der Waals surface area contributed by atoms with Gasteiger partial charge in [-0.2, -0.15) is 0 Å². The van der Waals surface area contributed by atoms with Crippen LogP contribution in [-0.4, -0.2) is 16.6 Å². The van der Waals surface area contributed by atoms with Gasteiger partial charge in [0.25, 0.3) is 0 Å². The second-order valence-electron chi connectivity index (χ2n) is 4.42. The van der Waals surface area contributed by atoms with Gasteiger partial charge in [0.2, 0.25) is 0 Å². The minimum Gasteiger partial charge on any atom is -0.494 e. The molecule has 0 fully saturated rings. The molecule has 2 rings (SSSR count). The van der Waals surface area contributed by atoms with Crippen LogP contribution < -0.4 is 10.5 Å². The van der Waals surface area contributed by atoms with Gasteiger partial charge in [-0.1, -0.05) is 13.8 Å². The Morgan fingerprint density at radius 2 is 1.85 bits per heavy atom. The first-order valence-electron chi connectivity index (χ1n) is 6.70. The lowest BCUT2D eigenvalue weighted by Crippen LogP contribution is -2.02. The van der Waals surface area contributed by atoms with E-state index >= 15 is 0 Å². The number of nitrogens with zero attached hydrogens (tertiary/aromatic N) is 2. The molecule has 0 radical (unpaired) electrons. The zero-order chi connectivity index (χ0) is 14.5. The molecule has 5 heteroatoms. The Morgan fingerprint density at radius 1 is 1.15 bits per heavy atom. The van der Waals surface area contributed by atoms with Crippen LogP contribution in [-0.2, 0) is 6.42 Å². The van der Waals surface area contributed by atoms with Crippen LogP contribution in [0.3, 0.4) is 0 Å². The van der Waals surface area contributed by atoms with Gasteiger partial charge in [-0.3, -0.25) is 0 Å². The Kier molecular flexibility index (Phi) is 4.95. The summed E-state index contributed by atoms with van der Waals surface area (Å²) in [4.78, 5) is 8.86. The Morgan fingerprint density at radius 3 is 2.45 bits per heavy atom. The summed E-state index contributed by atoms with van der Waals surface area (Å²) in [6, 6.07) is 7.76. The molecule has 0 aliphatic rings. The van der Waals surface area contributed by atoms with Crippen LogP contribution in [0.2, 0.25) is 0 Å². The van der Waals surface area contributed by atoms with Crippen molar-refractivity contribution < 1.29 is 4.74 Å². The topological polar surface area (TPSA) is 61.0 Å². The monoisotopic (exact) mass is 335 g/mol. The largest absolute Gasteiger partial charge is 0.494 e. The predicted molar refractivity (Wildman–Crippen MR) is 84.7 cm³/mol. The Hall–Kier alpha value is -1.62. The summed E-state index contributed by atoms with van der Waals surface area (Å²) in [7, 11) is 0. The number of anilines is 1. The predicted octanol–water partition coefficient (Wildman–Crippen LogP) is 3.84. The molecular weight excluding hydrogens is 318 g/mol. The number of ether oxygens (including phenoxy) is 1. The van der Waals surface area contributed by atoms with Crippen LogP contribution in [0.15, 0.2) is 28.7 Å². The van der Waals surface area contributed by atoms with E-state index in [4.69, 9.17) is 10.5 Å². The zero-order valence-corrected chi connectivity index (χ0v) is 13.3. The van der Waals surface area contributed by atoms with Gasteiger partial charge in [0.1, 0.15) is 11.6 Å². The molecule has 0 saturated heterocycles. The van der Waals surface area contributed by atoms with E-state index in [1.807, 2.05) is 31.2 Å². The first kappa shape index (κ1) is 14.8. The highest BCUT2D eigenvalue weighted by molar-refractivity contribution is 9.10. The molecule has 0 atom stereocenters. The summed E-state index contributed by atoms with van der Waals surface area (Å²) in [6.45, 7) is 4.85. The van der Waals surface area contributed by atoms with Crippen molar-refractivity contribution in [1.82, 2.24) is 9.97 Å². The second-order valence-corrected chi connectivity index (χ2v) is 5.21. The molecule has 0 amide bonds. The van der Waals surface area contributed by atoms with E-state index in [2.05, 4.69) is 32.8 Å². The molecule has 0 bridgehead atoms. The molecule has 0 aliphatic heterocycles. The fourth-order valence-corrected chi connectivity index (χ4v) is 2.25. The molecule has 2 N–H and O–H groups in total. The Bertz CT molecular complexity index is 584. The van der Waals surface area contributed by atoms with Crippen molar-refractivity contribution in [2.24, 2.45) is 0 Å². The van der Waals surface area contributed by atoms with Crippen LogP contribution in [0.1, 0.15) is 26.0 Å². The van der Waals surface area contributed by atoms with Crippen LogP contribution in [0.5, 0.6) is 5.75 Å². The van der Waals surface area contributed by atoms with Crippen molar-refractivity contribution in [3.05, 3.63) is 34.4 Å². The lowest BCUT2D eigenvalue weighted by atomic mass is 10.2. The van der Waals surface area contributed by atoms with Crippen LogP contribution >= 0.6 is 15.9 Å². The molecule has 106 valence electrons. The summed E-state index contributed by atoms with van der Waals surface area (Å²) < 4.78 is 6.34. The van der Waals surface area contributed by atoms with Crippen LogP contribution in [0, 0.1) is 0 Å². The van der Waals surface area contributed by atoms with E-state index in [0.29, 0.717) is 11.6 Å². The molecule has 0 unspecified atom stereocenters. The van der Waals surface area contributed by atoms with Gasteiger partial charge in [0.05, 0.1) is 16.8 Å². The first-order chi connectivity index (χ1) is 9.65. The van der Waals surface area contributed by atoms with Crippen molar-refractivity contribution in [3.8, 4) is 17.1 Å². The lowest BCUT2D eigenvalue weighted by Gasteiger charge is -2.08. The Balaban J connectivity index is 2.29. The molecular formula is C15H18BrN3O. The number of aromatic nitrogens is 2. The number of halogens is 1. The SMILES string of the molecule is CCCOc1ccc(-c2nc(N)c(Br)c(CC)n2)cc1. The highest BCUT2D eigenvalue weighted by Crippen LogP contribution is 2.26. The van der Waals surface area contributed by atoms with Crippen molar-refractivity contribution in [2.75, 3.05) is 12.3 Å². The van der Waals surface area contributed by atoms with E-state index in [9.17, 15) is 0 Å². The standard InChI is InChI=1S/C15H18BrN3O/c1-3-9-20-11-7-5-10(6-8-11)15-18-12(4-2)13(16)14(17)19-15/h5-8H,3-4,9H2,1-2H3,(H2,17,18,19). The average Bonchev–Trinajstić information content (AvgIpc) is 2.48. The molecule has 20 heavy (non-hydrogen) atoms. The highest BCUT2D eigenvalue weighted by Gasteiger charge is 2.10. The summed E-state index contributed by atoms with van der Waals surface area (Å²) in [5.74, 6) is 1.97. The first-order valence-corrected chi connectivity index (χ1v) is 7.50. The maximum atomic E-state index is 5.91. The molecule has 1 aromatic heterocycles. The number of nitrogen functional groups attached to an aromatic ring is 1. The van der Waals surface area contributed by atoms with Gasteiger partial charge >= 0.3 is 0 Å². The van der Waals surface area contributed by atoms with Gasteiger partial charge in [0, 0.05) is 5.56 Å². The summed E-state index contributed by atoms with van der Waals surface area (Å²) in [5.41, 5.74) is 7.76. The normalized spacial score (nSPS) is 10.6. The van der Waals surface area contributed by atoms with E-state index in [1.54, 1.807) is 0 Å². The molecule has 0 aliphatic carbocycles. The van der Waals surface area contributed by atoms with Crippen molar-refractivity contribution in [2.45, 2.75) is 26.7 Å². The molecule has 4 nitrogen and oxygen atoms in total. The fourth-order valence-electron chi connectivity index (χ4n) is 1.80.